The van der Waals surface area contributed by atoms with Crippen molar-refractivity contribution in [2.75, 3.05) is 13.2 Å². The van der Waals surface area contributed by atoms with Crippen molar-refractivity contribution in [1.82, 2.24) is 9.47 Å². The van der Waals surface area contributed by atoms with E-state index in [9.17, 15) is 9.59 Å². The summed E-state index contributed by atoms with van der Waals surface area (Å²) in [4.78, 5) is 30.3. The second kappa shape index (κ2) is 6.47. The summed E-state index contributed by atoms with van der Waals surface area (Å²) in [6, 6.07) is 7.28. The average Bonchev–Trinajstić information content (AvgIpc) is 2.92. The van der Waals surface area contributed by atoms with Crippen LogP contribution in [0.2, 0.25) is 0 Å². The molecule has 24 heavy (non-hydrogen) atoms. The van der Waals surface area contributed by atoms with E-state index in [2.05, 4.69) is 4.99 Å². The van der Waals surface area contributed by atoms with Gasteiger partial charge in [-0.3, -0.25) is 14.2 Å². The van der Waals surface area contributed by atoms with Gasteiger partial charge >= 0.3 is 0 Å². The van der Waals surface area contributed by atoms with Crippen LogP contribution in [0.5, 0.6) is 0 Å². The van der Waals surface area contributed by atoms with Crippen LogP contribution in [0.15, 0.2) is 35.5 Å². The van der Waals surface area contributed by atoms with Crippen molar-refractivity contribution in [3.63, 3.8) is 0 Å². The summed E-state index contributed by atoms with van der Waals surface area (Å²) in [7, 11) is 0. The summed E-state index contributed by atoms with van der Waals surface area (Å²) < 4.78 is 7.12. The molecule has 1 aromatic carbocycles. The summed E-state index contributed by atoms with van der Waals surface area (Å²) >= 11 is 0. The summed E-state index contributed by atoms with van der Waals surface area (Å²) in [5.74, 6) is 0.505. The molecule has 6 nitrogen and oxygen atoms in total. The number of para-hydroxylation sites is 1. The third kappa shape index (κ3) is 2.91. The first-order chi connectivity index (χ1) is 11.5. The van der Waals surface area contributed by atoms with Crippen LogP contribution in [-0.2, 0) is 16.1 Å². The van der Waals surface area contributed by atoms with Gasteiger partial charge in [-0.2, -0.15) is 0 Å². The fourth-order valence-corrected chi connectivity index (χ4v) is 3.04. The van der Waals surface area contributed by atoms with Crippen LogP contribution < -0.4 is 0 Å². The van der Waals surface area contributed by atoms with Gasteiger partial charge in [0.05, 0.1) is 18.7 Å². The lowest BCUT2D eigenvalue weighted by atomic mass is 10.1. The van der Waals surface area contributed by atoms with Gasteiger partial charge in [-0.05, 0) is 25.5 Å². The van der Waals surface area contributed by atoms with Gasteiger partial charge in [-0.25, -0.2) is 4.99 Å². The topological polar surface area (TPSA) is 63.9 Å². The highest BCUT2D eigenvalue weighted by Crippen LogP contribution is 2.24. The molecule has 0 bridgehead atoms. The van der Waals surface area contributed by atoms with Crippen molar-refractivity contribution in [3.05, 3.63) is 36.0 Å². The van der Waals surface area contributed by atoms with Crippen LogP contribution in [0, 0.1) is 0 Å². The number of hydrogen-bond donors (Lipinski definition) is 0. The van der Waals surface area contributed by atoms with Crippen LogP contribution >= 0.6 is 0 Å². The Morgan fingerprint density at radius 3 is 2.83 bits per heavy atom. The Bertz CT molecular complexity index is 822. The molecule has 1 aromatic heterocycles. The molecule has 1 aliphatic heterocycles. The normalized spacial score (nSPS) is 18.0. The van der Waals surface area contributed by atoms with E-state index in [4.69, 9.17) is 4.74 Å². The second-order valence-electron chi connectivity index (χ2n) is 5.89. The van der Waals surface area contributed by atoms with Crippen molar-refractivity contribution < 1.29 is 14.3 Å². The van der Waals surface area contributed by atoms with Crippen LogP contribution in [-0.4, -0.2) is 46.4 Å². The predicted octanol–water partition coefficient (Wildman–Crippen LogP) is 2.47. The Morgan fingerprint density at radius 1 is 1.38 bits per heavy atom. The summed E-state index contributed by atoms with van der Waals surface area (Å²) in [6.45, 7) is 6.51. The molecule has 0 N–H and O–H groups in total. The molecular formula is C18H21N3O3. The van der Waals surface area contributed by atoms with Crippen LogP contribution in [0.3, 0.4) is 0 Å². The Kier molecular flexibility index (Phi) is 4.38. The van der Waals surface area contributed by atoms with Gasteiger partial charge in [0, 0.05) is 25.1 Å². The maximum absolute atomic E-state index is 12.4. The van der Waals surface area contributed by atoms with Gasteiger partial charge in [0.25, 0.3) is 0 Å². The Hall–Kier alpha value is -2.63. The zero-order chi connectivity index (χ0) is 17.3. The number of hydrogen-bond acceptors (Lipinski definition) is 4. The van der Waals surface area contributed by atoms with Gasteiger partial charge < -0.3 is 9.64 Å². The second-order valence-corrected chi connectivity index (χ2v) is 5.89. The quantitative estimate of drug-likeness (QED) is 0.870. The largest absolute Gasteiger partial charge is 0.480 e. The number of fused-ring (bicyclic) bond motifs is 1. The number of aromatic nitrogens is 1. The summed E-state index contributed by atoms with van der Waals surface area (Å²) in [5.41, 5.74) is 1.80. The van der Waals surface area contributed by atoms with E-state index in [0.29, 0.717) is 25.6 Å². The van der Waals surface area contributed by atoms with Crippen LogP contribution in [0.25, 0.3) is 10.9 Å². The molecule has 0 unspecified atom stereocenters. The van der Waals surface area contributed by atoms with E-state index < -0.39 is 6.04 Å². The maximum Gasteiger partial charge on any atom is 0.247 e. The van der Waals surface area contributed by atoms with E-state index in [0.717, 1.165) is 16.5 Å². The summed E-state index contributed by atoms with van der Waals surface area (Å²) in [5, 5.41) is 0.980. The molecule has 3 rings (SSSR count). The number of amides is 1. The smallest absolute Gasteiger partial charge is 0.247 e. The first-order valence-corrected chi connectivity index (χ1v) is 8.09. The standard InChI is InChI=1S/C18H21N3O3/c1-4-24-17-11-20(18(23)12(2)19-17)9-14-10-21(13(3)22)16-8-6-5-7-15(14)16/h5-8,10,12H,4,9,11H2,1-3H3/t12-/m0/s1. The Balaban J connectivity index is 1.94. The van der Waals surface area contributed by atoms with E-state index >= 15 is 0 Å². The molecule has 0 fully saturated rings. The number of rotatable bonds is 3. The van der Waals surface area contributed by atoms with E-state index in [1.165, 1.54) is 6.92 Å². The number of carbonyl (C=O) groups is 2. The number of nitrogens with zero attached hydrogens (tertiary/aromatic N) is 3. The van der Waals surface area contributed by atoms with E-state index in [1.54, 1.807) is 16.4 Å². The third-order valence-electron chi connectivity index (χ3n) is 4.14. The lowest BCUT2D eigenvalue weighted by molar-refractivity contribution is -0.132. The lowest BCUT2D eigenvalue weighted by Crippen LogP contribution is -2.45. The van der Waals surface area contributed by atoms with Gasteiger partial charge in [-0.15, -0.1) is 0 Å². The van der Waals surface area contributed by atoms with E-state index in [1.807, 2.05) is 37.4 Å². The molecular weight excluding hydrogens is 306 g/mol. The van der Waals surface area contributed by atoms with Gasteiger partial charge in [0.15, 0.2) is 0 Å². The SMILES string of the molecule is CCOC1=N[C@@H](C)C(=O)N(Cc2cn(C(C)=O)c3ccccc23)C1. The molecule has 6 heteroatoms. The molecule has 2 aromatic rings. The third-order valence-corrected chi connectivity index (χ3v) is 4.14. The van der Waals surface area contributed by atoms with Crippen molar-refractivity contribution in [1.29, 1.82) is 0 Å². The van der Waals surface area contributed by atoms with Crippen molar-refractivity contribution >= 4 is 28.6 Å². The molecule has 126 valence electrons. The molecule has 1 aliphatic rings. The van der Waals surface area contributed by atoms with Crippen molar-refractivity contribution in [2.24, 2.45) is 4.99 Å². The molecule has 0 aliphatic carbocycles. The Morgan fingerprint density at radius 2 is 2.12 bits per heavy atom. The van der Waals surface area contributed by atoms with Crippen molar-refractivity contribution in [2.45, 2.75) is 33.4 Å². The molecule has 0 saturated carbocycles. The monoisotopic (exact) mass is 327 g/mol. The zero-order valence-corrected chi connectivity index (χ0v) is 14.2. The maximum atomic E-state index is 12.4. The Labute approximate surface area is 140 Å². The molecule has 1 amide bonds. The van der Waals surface area contributed by atoms with Gasteiger partial charge in [0.1, 0.15) is 6.04 Å². The predicted molar refractivity (Wildman–Crippen MR) is 92.2 cm³/mol. The molecule has 0 saturated heterocycles. The zero-order valence-electron chi connectivity index (χ0n) is 14.2. The van der Waals surface area contributed by atoms with Crippen LogP contribution in [0.4, 0.5) is 0 Å². The average molecular weight is 327 g/mol. The minimum absolute atomic E-state index is 0.0295. The summed E-state index contributed by atoms with van der Waals surface area (Å²) in [6.07, 6.45) is 1.82. The van der Waals surface area contributed by atoms with Gasteiger partial charge in [0.2, 0.25) is 17.7 Å². The van der Waals surface area contributed by atoms with Crippen LogP contribution in [0.1, 0.15) is 31.1 Å². The highest BCUT2D eigenvalue weighted by molar-refractivity contribution is 5.95. The van der Waals surface area contributed by atoms with Gasteiger partial charge in [-0.1, -0.05) is 18.2 Å². The highest BCUT2D eigenvalue weighted by Gasteiger charge is 2.28. The number of ether oxygens (including phenoxy) is 1. The first-order valence-electron chi connectivity index (χ1n) is 8.09. The minimum atomic E-state index is -0.443. The number of carbonyl (C=O) groups excluding carboxylic acids is 2. The minimum Gasteiger partial charge on any atom is -0.480 e. The molecule has 0 spiro atoms. The molecule has 0 radical (unpaired) electrons. The van der Waals surface area contributed by atoms with Crippen molar-refractivity contribution in [3.8, 4) is 0 Å². The van der Waals surface area contributed by atoms with E-state index in [-0.39, 0.29) is 11.8 Å². The fraction of sp³-hybridized carbons (Fsp3) is 0.389. The molecule has 2 heterocycles. The highest BCUT2D eigenvalue weighted by atomic mass is 16.5. The lowest BCUT2D eigenvalue weighted by Gasteiger charge is -2.29. The number of aliphatic imine (C=N–C) groups is 1. The first kappa shape index (κ1) is 16.2. The molecule has 1 atom stereocenters. The number of benzene rings is 1. The fourth-order valence-electron chi connectivity index (χ4n) is 3.04.